The fraction of sp³-hybridized carbons (Fsp3) is 0.818. The first-order chi connectivity index (χ1) is 15.1. The molecular formula is C22H34N2O7. The van der Waals surface area contributed by atoms with Crippen molar-refractivity contribution >= 4 is 23.8 Å². The highest BCUT2D eigenvalue weighted by Gasteiger charge is 2.35. The molecule has 0 spiro atoms. The van der Waals surface area contributed by atoms with E-state index in [0.29, 0.717) is 64.7 Å². The molecule has 3 rings (SSSR count). The summed E-state index contributed by atoms with van der Waals surface area (Å²) in [5, 5.41) is 0. The maximum Gasteiger partial charge on any atom is 0.331 e. The molecule has 2 amide bonds. The minimum atomic E-state index is -0.625. The summed E-state index contributed by atoms with van der Waals surface area (Å²) >= 11 is 0. The van der Waals surface area contributed by atoms with Crippen LogP contribution in [0.3, 0.4) is 0 Å². The summed E-state index contributed by atoms with van der Waals surface area (Å²) in [6, 6.07) is -0.625. The third-order valence-corrected chi connectivity index (χ3v) is 6.29. The smallest absolute Gasteiger partial charge is 0.331 e. The quantitative estimate of drug-likeness (QED) is 0.306. The Labute approximate surface area is 183 Å². The van der Waals surface area contributed by atoms with E-state index in [0.717, 1.165) is 32.4 Å². The Morgan fingerprint density at radius 2 is 1.42 bits per heavy atom. The van der Waals surface area contributed by atoms with Crippen molar-refractivity contribution in [1.29, 1.82) is 0 Å². The average Bonchev–Trinajstić information content (AvgIpc) is 3.49. The second-order valence-electron chi connectivity index (χ2n) is 8.47. The van der Waals surface area contributed by atoms with Crippen LogP contribution in [0.2, 0.25) is 0 Å². The maximum atomic E-state index is 12.6. The topological polar surface area (TPSA) is 102 Å². The van der Waals surface area contributed by atoms with Crippen molar-refractivity contribution in [2.24, 2.45) is 5.92 Å². The molecular weight excluding hydrogens is 404 g/mol. The summed E-state index contributed by atoms with van der Waals surface area (Å²) in [7, 11) is 0. The lowest BCUT2D eigenvalue weighted by Crippen LogP contribution is -2.41. The van der Waals surface area contributed by atoms with Gasteiger partial charge in [0.15, 0.2) is 0 Å². The summed E-state index contributed by atoms with van der Waals surface area (Å²) in [5.41, 5.74) is 0. The van der Waals surface area contributed by atoms with Gasteiger partial charge in [-0.3, -0.25) is 14.4 Å². The van der Waals surface area contributed by atoms with E-state index in [1.165, 1.54) is 0 Å². The summed E-state index contributed by atoms with van der Waals surface area (Å²) < 4.78 is 15.4. The molecule has 0 bridgehead atoms. The number of nitrogens with zero attached hydrogens (tertiary/aromatic N) is 2. The highest BCUT2D eigenvalue weighted by atomic mass is 16.7. The molecule has 1 atom stereocenters. The number of esters is 2. The van der Waals surface area contributed by atoms with Crippen molar-refractivity contribution in [3.05, 3.63) is 0 Å². The maximum absolute atomic E-state index is 12.6. The van der Waals surface area contributed by atoms with Crippen molar-refractivity contribution < 1.29 is 33.4 Å². The second-order valence-corrected chi connectivity index (χ2v) is 8.47. The molecule has 3 heterocycles. The predicted molar refractivity (Wildman–Crippen MR) is 110 cm³/mol. The molecule has 9 heteroatoms. The number of likely N-dealkylation sites (tertiary alicyclic amines) is 2. The fourth-order valence-corrected chi connectivity index (χ4v) is 4.42. The zero-order chi connectivity index (χ0) is 22.1. The first-order valence-electron chi connectivity index (χ1n) is 11.5. The Balaban J connectivity index is 1.33. The molecule has 0 aromatic rings. The predicted octanol–water partition coefficient (Wildman–Crippen LogP) is 1.63. The van der Waals surface area contributed by atoms with E-state index in [4.69, 9.17) is 14.2 Å². The number of carbonyl (C=O) groups is 4. The normalized spacial score (nSPS) is 21.9. The van der Waals surface area contributed by atoms with Crippen LogP contribution in [-0.4, -0.2) is 79.2 Å². The van der Waals surface area contributed by atoms with E-state index >= 15 is 0 Å². The van der Waals surface area contributed by atoms with Gasteiger partial charge >= 0.3 is 11.9 Å². The van der Waals surface area contributed by atoms with Gasteiger partial charge in [-0.2, -0.15) is 0 Å². The van der Waals surface area contributed by atoms with Crippen LogP contribution in [0.5, 0.6) is 0 Å². The molecule has 3 saturated heterocycles. The molecule has 3 aliphatic heterocycles. The summed E-state index contributed by atoms with van der Waals surface area (Å²) in [5.74, 6) is -1.04. The van der Waals surface area contributed by atoms with Crippen LogP contribution in [0.15, 0.2) is 0 Å². The third-order valence-electron chi connectivity index (χ3n) is 6.29. The zero-order valence-electron chi connectivity index (χ0n) is 18.2. The molecule has 174 valence electrons. The van der Waals surface area contributed by atoms with Crippen LogP contribution in [0, 0.1) is 5.92 Å². The van der Waals surface area contributed by atoms with Crippen LogP contribution in [0.1, 0.15) is 64.2 Å². The van der Waals surface area contributed by atoms with Gasteiger partial charge in [0.1, 0.15) is 6.04 Å². The van der Waals surface area contributed by atoms with E-state index in [1.807, 2.05) is 4.90 Å². The molecule has 0 aromatic carbocycles. The van der Waals surface area contributed by atoms with Gasteiger partial charge in [-0.25, -0.2) is 4.79 Å². The lowest BCUT2D eigenvalue weighted by Gasteiger charge is -2.24. The highest BCUT2D eigenvalue weighted by Crippen LogP contribution is 2.21. The molecule has 0 radical (unpaired) electrons. The minimum Gasteiger partial charge on any atom is -0.428 e. The van der Waals surface area contributed by atoms with Crippen LogP contribution >= 0.6 is 0 Å². The van der Waals surface area contributed by atoms with E-state index < -0.39 is 18.8 Å². The van der Waals surface area contributed by atoms with Gasteiger partial charge in [-0.1, -0.05) is 0 Å². The van der Waals surface area contributed by atoms with Crippen LogP contribution in [0.25, 0.3) is 0 Å². The lowest BCUT2D eigenvalue weighted by molar-refractivity contribution is -0.175. The van der Waals surface area contributed by atoms with E-state index in [2.05, 4.69) is 0 Å². The van der Waals surface area contributed by atoms with Gasteiger partial charge in [0, 0.05) is 45.7 Å². The number of hydrogen-bond acceptors (Lipinski definition) is 7. The van der Waals surface area contributed by atoms with Crippen molar-refractivity contribution in [2.45, 2.75) is 70.3 Å². The molecule has 3 fully saturated rings. The molecule has 0 unspecified atom stereocenters. The molecule has 0 saturated carbocycles. The monoisotopic (exact) mass is 438 g/mol. The van der Waals surface area contributed by atoms with Gasteiger partial charge in [0.05, 0.1) is 5.92 Å². The number of amides is 2. The Morgan fingerprint density at radius 3 is 2.13 bits per heavy atom. The van der Waals surface area contributed by atoms with Crippen molar-refractivity contribution in [3.63, 3.8) is 0 Å². The summed E-state index contributed by atoms with van der Waals surface area (Å²) in [6.07, 6.45) is 6.74. The Bertz CT molecular complexity index is 642. The van der Waals surface area contributed by atoms with Gasteiger partial charge in [-0.05, 0) is 51.4 Å². The van der Waals surface area contributed by atoms with Crippen molar-refractivity contribution in [2.75, 3.05) is 39.6 Å². The van der Waals surface area contributed by atoms with Gasteiger partial charge in [-0.15, -0.1) is 0 Å². The molecule has 0 N–H and O–H groups in total. The lowest BCUT2D eigenvalue weighted by atomic mass is 10.0. The van der Waals surface area contributed by atoms with E-state index in [-0.39, 0.29) is 23.7 Å². The number of ether oxygens (including phenoxy) is 3. The number of rotatable bonds is 9. The Hall–Kier alpha value is -2.16. The van der Waals surface area contributed by atoms with E-state index in [9.17, 15) is 19.2 Å². The molecule has 0 aromatic heterocycles. The Morgan fingerprint density at radius 1 is 0.774 bits per heavy atom. The molecule has 3 aliphatic rings. The number of unbranched alkanes of at least 4 members (excludes halogenated alkanes) is 1. The van der Waals surface area contributed by atoms with Crippen molar-refractivity contribution in [1.82, 2.24) is 9.80 Å². The SMILES string of the molecule is O=C(OCOC(=O)[C@H]1CCCN1C(=O)CCCCC(=O)N1CCCC1)C1CCOCC1. The average molecular weight is 439 g/mol. The molecule has 9 nitrogen and oxygen atoms in total. The first-order valence-corrected chi connectivity index (χ1v) is 11.5. The van der Waals surface area contributed by atoms with Gasteiger partial charge < -0.3 is 24.0 Å². The Kier molecular flexibility index (Phi) is 9.12. The fourth-order valence-electron chi connectivity index (χ4n) is 4.42. The van der Waals surface area contributed by atoms with E-state index in [1.54, 1.807) is 4.90 Å². The zero-order valence-corrected chi connectivity index (χ0v) is 18.2. The minimum absolute atomic E-state index is 0.0905. The van der Waals surface area contributed by atoms with Gasteiger partial charge in [0.25, 0.3) is 0 Å². The van der Waals surface area contributed by atoms with Crippen LogP contribution in [-0.2, 0) is 33.4 Å². The molecule has 0 aliphatic carbocycles. The van der Waals surface area contributed by atoms with Crippen LogP contribution in [0.4, 0.5) is 0 Å². The first kappa shape index (κ1) is 23.5. The summed E-state index contributed by atoms with van der Waals surface area (Å²) in [6.45, 7) is 2.86. The standard InChI is InChI=1S/C22H34N2O7/c25-19(23-11-3-4-12-23)7-1-2-8-20(26)24-13-5-6-18(24)22(28)31-16-30-21(27)17-9-14-29-15-10-17/h17-18H,1-16H2/t18-/m1/s1. The third kappa shape index (κ3) is 6.92. The second kappa shape index (κ2) is 12.0. The van der Waals surface area contributed by atoms with Crippen molar-refractivity contribution in [3.8, 4) is 0 Å². The van der Waals surface area contributed by atoms with Gasteiger partial charge in [0.2, 0.25) is 18.6 Å². The largest absolute Gasteiger partial charge is 0.428 e. The van der Waals surface area contributed by atoms with Crippen LogP contribution < -0.4 is 0 Å². The highest BCUT2D eigenvalue weighted by molar-refractivity contribution is 5.85. The molecule has 31 heavy (non-hydrogen) atoms. The summed E-state index contributed by atoms with van der Waals surface area (Å²) in [4.78, 5) is 52.5. The number of carbonyl (C=O) groups excluding carboxylic acids is 4. The number of hydrogen-bond donors (Lipinski definition) is 0.